The van der Waals surface area contributed by atoms with Gasteiger partial charge in [0.05, 0.1) is 0 Å². The molecule has 100 valence electrons. The van der Waals surface area contributed by atoms with Crippen molar-refractivity contribution in [2.75, 3.05) is 5.75 Å². The molecule has 18 heavy (non-hydrogen) atoms. The van der Waals surface area contributed by atoms with E-state index in [1.54, 1.807) is 0 Å². The molecule has 1 saturated carbocycles. The minimum Gasteiger partial charge on any atom is -0.310 e. The Labute approximate surface area is 123 Å². The monoisotopic (exact) mass is 327 g/mol. The van der Waals surface area contributed by atoms with Gasteiger partial charge in [-0.15, -0.1) is 0 Å². The normalized spacial score (nSPS) is 23.5. The lowest BCUT2D eigenvalue weighted by Crippen LogP contribution is -2.26. The van der Waals surface area contributed by atoms with Crippen molar-refractivity contribution in [1.82, 2.24) is 5.32 Å². The van der Waals surface area contributed by atoms with Crippen LogP contribution in [0.5, 0.6) is 0 Å². The molecule has 2 unspecified atom stereocenters. The van der Waals surface area contributed by atoms with Gasteiger partial charge in [0.2, 0.25) is 0 Å². The third-order valence-electron chi connectivity index (χ3n) is 3.60. The molecule has 0 spiro atoms. The number of thioether (sulfide) groups is 1. The van der Waals surface area contributed by atoms with E-state index < -0.39 is 0 Å². The van der Waals surface area contributed by atoms with Crippen LogP contribution in [0.1, 0.15) is 37.3 Å². The van der Waals surface area contributed by atoms with Crippen molar-refractivity contribution < 1.29 is 0 Å². The van der Waals surface area contributed by atoms with Crippen LogP contribution in [-0.2, 0) is 6.54 Å². The van der Waals surface area contributed by atoms with E-state index in [9.17, 15) is 0 Å². The van der Waals surface area contributed by atoms with Crippen molar-refractivity contribution >= 4 is 27.7 Å². The van der Waals surface area contributed by atoms with Crippen LogP contribution in [-0.4, -0.2) is 17.0 Å². The third-order valence-corrected chi connectivity index (χ3v) is 5.73. The van der Waals surface area contributed by atoms with Crippen LogP contribution < -0.4 is 5.32 Å². The first-order chi connectivity index (χ1) is 8.69. The summed E-state index contributed by atoms with van der Waals surface area (Å²) >= 11 is 5.67. The quantitative estimate of drug-likeness (QED) is 0.853. The molecule has 1 fully saturated rings. The molecule has 0 saturated heterocycles. The lowest BCUT2D eigenvalue weighted by Gasteiger charge is -2.13. The molecule has 0 radical (unpaired) electrons. The number of benzene rings is 1. The highest BCUT2D eigenvalue weighted by Gasteiger charge is 2.23. The van der Waals surface area contributed by atoms with E-state index in [0.29, 0.717) is 0 Å². The van der Waals surface area contributed by atoms with Crippen molar-refractivity contribution in [3.05, 3.63) is 33.8 Å². The zero-order chi connectivity index (χ0) is 13.0. The summed E-state index contributed by atoms with van der Waals surface area (Å²) in [4.78, 5) is 0. The summed E-state index contributed by atoms with van der Waals surface area (Å²) in [6.07, 6.45) is 4.07. The van der Waals surface area contributed by atoms with Crippen molar-refractivity contribution in [3.8, 4) is 0 Å². The van der Waals surface area contributed by atoms with Crippen LogP contribution >= 0.6 is 27.7 Å². The highest BCUT2D eigenvalue weighted by atomic mass is 79.9. The predicted octanol–water partition coefficient (Wildman–Crippen LogP) is 4.52. The molecular weight excluding hydrogens is 306 g/mol. The lowest BCUT2D eigenvalue weighted by molar-refractivity contribution is 0.525. The second-order valence-electron chi connectivity index (χ2n) is 5.05. The molecule has 2 rings (SSSR count). The summed E-state index contributed by atoms with van der Waals surface area (Å²) in [6, 6.07) is 7.34. The number of rotatable bonds is 5. The average molecular weight is 328 g/mol. The molecule has 0 aliphatic heterocycles. The Kier molecular flexibility index (Phi) is 5.58. The molecule has 0 amide bonds. The average Bonchev–Trinajstić information content (AvgIpc) is 2.79. The van der Waals surface area contributed by atoms with Crippen molar-refractivity contribution in [2.45, 2.75) is 50.9 Å². The number of nitrogens with one attached hydrogen (secondary N) is 1. The third kappa shape index (κ3) is 4.01. The molecule has 0 aromatic heterocycles. The maximum absolute atomic E-state index is 3.70. The first-order valence-corrected chi connectivity index (χ1v) is 8.63. The molecule has 1 aromatic rings. The Balaban J connectivity index is 1.80. The molecule has 1 aliphatic rings. The molecular formula is C15H22BrNS. The van der Waals surface area contributed by atoms with Crippen LogP contribution in [0, 0.1) is 6.92 Å². The predicted molar refractivity (Wildman–Crippen MR) is 85.3 cm³/mol. The van der Waals surface area contributed by atoms with Gasteiger partial charge in [-0.1, -0.05) is 35.0 Å². The number of aryl methyl sites for hydroxylation is 1. The fourth-order valence-electron chi connectivity index (χ4n) is 2.59. The van der Waals surface area contributed by atoms with Gasteiger partial charge in [-0.25, -0.2) is 0 Å². The van der Waals surface area contributed by atoms with Crippen molar-refractivity contribution in [3.63, 3.8) is 0 Å². The van der Waals surface area contributed by atoms with E-state index >= 15 is 0 Å². The van der Waals surface area contributed by atoms with Gasteiger partial charge in [0.15, 0.2) is 0 Å². The van der Waals surface area contributed by atoms with E-state index in [1.807, 2.05) is 0 Å². The van der Waals surface area contributed by atoms with Crippen molar-refractivity contribution in [2.24, 2.45) is 0 Å². The van der Waals surface area contributed by atoms with Crippen LogP contribution in [0.15, 0.2) is 22.7 Å². The fourth-order valence-corrected chi connectivity index (χ4v) is 3.98. The highest BCUT2D eigenvalue weighted by molar-refractivity contribution is 9.10. The Morgan fingerprint density at radius 2 is 2.22 bits per heavy atom. The second kappa shape index (κ2) is 6.97. The Bertz CT molecular complexity index is 394. The zero-order valence-corrected chi connectivity index (χ0v) is 13.6. The number of hydrogen-bond donors (Lipinski definition) is 1. The van der Waals surface area contributed by atoms with Gasteiger partial charge < -0.3 is 5.32 Å². The van der Waals surface area contributed by atoms with E-state index in [-0.39, 0.29) is 0 Å². The molecule has 0 bridgehead atoms. The van der Waals surface area contributed by atoms with Gasteiger partial charge in [-0.2, -0.15) is 11.8 Å². The molecule has 1 N–H and O–H groups in total. The lowest BCUT2D eigenvalue weighted by atomic mass is 10.1. The molecule has 0 heterocycles. The van der Waals surface area contributed by atoms with Gasteiger partial charge in [0.1, 0.15) is 0 Å². The summed E-state index contributed by atoms with van der Waals surface area (Å²) in [6.45, 7) is 5.41. The smallest absolute Gasteiger partial charge is 0.0208 e. The van der Waals surface area contributed by atoms with Gasteiger partial charge in [-0.3, -0.25) is 0 Å². The maximum Gasteiger partial charge on any atom is 0.0208 e. The fraction of sp³-hybridized carbons (Fsp3) is 0.600. The van der Waals surface area contributed by atoms with Gasteiger partial charge in [-0.05, 0) is 49.1 Å². The summed E-state index contributed by atoms with van der Waals surface area (Å²) in [5.74, 6) is 1.25. The van der Waals surface area contributed by atoms with Crippen molar-refractivity contribution in [1.29, 1.82) is 0 Å². The van der Waals surface area contributed by atoms with Gasteiger partial charge in [0, 0.05) is 22.3 Å². The largest absolute Gasteiger partial charge is 0.310 e. The molecule has 2 atom stereocenters. The number of hydrogen-bond acceptors (Lipinski definition) is 2. The summed E-state index contributed by atoms with van der Waals surface area (Å²) < 4.78 is 1.20. The summed E-state index contributed by atoms with van der Waals surface area (Å²) in [7, 11) is 0. The van der Waals surface area contributed by atoms with Gasteiger partial charge >= 0.3 is 0 Å². The molecule has 1 aromatic carbocycles. The topological polar surface area (TPSA) is 12.0 Å². The Hall–Kier alpha value is 0.01000. The standard InChI is InChI=1S/C15H22BrNS/c1-3-18-14-6-5-13(9-14)17-10-12-4-7-15(16)11(2)8-12/h4,7-8,13-14,17H,3,5-6,9-10H2,1-2H3. The summed E-state index contributed by atoms with van der Waals surface area (Å²) in [5.41, 5.74) is 2.71. The van der Waals surface area contributed by atoms with E-state index in [2.05, 4.69) is 65.1 Å². The molecule has 1 aliphatic carbocycles. The minimum atomic E-state index is 0.720. The van der Waals surface area contributed by atoms with Crippen LogP contribution in [0.3, 0.4) is 0 Å². The van der Waals surface area contributed by atoms with E-state index in [0.717, 1.165) is 17.8 Å². The van der Waals surface area contributed by atoms with E-state index in [4.69, 9.17) is 0 Å². The molecule has 3 heteroatoms. The second-order valence-corrected chi connectivity index (χ2v) is 7.48. The molecule has 1 nitrogen and oxygen atoms in total. The highest BCUT2D eigenvalue weighted by Crippen LogP contribution is 2.29. The Morgan fingerprint density at radius 3 is 2.94 bits per heavy atom. The van der Waals surface area contributed by atoms with E-state index in [1.165, 1.54) is 40.6 Å². The zero-order valence-electron chi connectivity index (χ0n) is 11.2. The first kappa shape index (κ1) is 14.4. The first-order valence-electron chi connectivity index (χ1n) is 6.79. The Morgan fingerprint density at radius 1 is 1.39 bits per heavy atom. The van der Waals surface area contributed by atoms with Crippen LogP contribution in [0.2, 0.25) is 0 Å². The summed E-state index contributed by atoms with van der Waals surface area (Å²) in [5, 5.41) is 4.59. The maximum atomic E-state index is 3.70. The van der Waals surface area contributed by atoms with Crippen LogP contribution in [0.4, 0.5) is 0 Å². The van der Waals surface area contributed by atoms with Gasteiger partial charge in [0.25, 0.3) is 0 Å². The SMILES string of the molecule is CCSC1CCC(NCc2ccc(Br)c(C)c2)C1. The number of halogens is 1. The minimum absolute atomic E-state index is 0.720. The van der Waals surface area contributed by atoms with Crippen LogP contribution in [0.25, 0.3) is 0 Å².